The Bertz CT molecular complexity index is 959. The normalized spacial score (nSPS) is 10.7. The van der Waals surface area contributed by atoms with Gasteiger partial charge in [-0.25, -0.2) is 5.43 Å². The number of phenols is 1. The van der Waals surface area contributed by atoms with Gasteiger partial charge in [0.2, 0.25) is 0 Å². The summed E-state index contributed by atoms with van der Waals surface area (Å²) in [5, 5.41) is 13.7. The Morgan fingerprint density at radius 2 is 1.89 bits per heavy atom. The summed E-state index contributed by atoms with van der Waals surface area (Å²) in [4.78, 5) is 12.1. The standard InChI is InChI=1S/C21H17BrN2O3/c22-17-9-10-20(25)19(12-17)21(26)24-23-13-16-7-4-8-18(11-16)27-14-15-5-2-1-3-6-15/h1-13,25H,14H2,(H,24,26). The number of ether oxygens (including phenoxy) is 1. The average molecular weight is 425 g/mol. The van der Waals surface area contributed by atoms with E-state index in [1.54, 1.807) is 6.07 Å². The number of halogens is 1. The van der Waals surface area contributed by atoms with Crippen LogP contribution < -0.4 is 10.2 Å². The molecule has 0 saturated carbocycles. The Morgan fingerprint density at radius 1 is 1.07 bits per heavy atom. The Kier molecular flexibility index (Phi) is 6.22. The van der Waals surface area contributed by atoms with Gasteiger partial charge in [-0.05, 0) is 41.5 Å². The van der Waals surface area contributed by atoms with Crippen molar-refractivity contribution in [2.24, 2.45) is 5.10 Å². The van der Waals surface area contributed by atoms with E-state index < -0.39 is 5.91 Å². The number of hydrazone groups is 1. The van der Waals surface area contributed by atoms with Gasteiger partial charge in [-0.2, -0.15) is 5.10 Å². The molecule has 0 saturated heterocycles. The lowest BCUT2D eigenvalue weighted by molar-refractivity contribution is 0.0952. The Hall–Kier alpha value is -3.12. The molecule has 0 aliphatic carbocycles. The molecule has 0 heterocycles. The van der Waals surface area contributed by atoms with Crippen molar-refractivity contribution in [2.45, 2.75) is 6.61 Å². The van der Waals surface area contributed by atoms with Crippen LogP contribution in [-0.2, 0) is 6.61 Å². The highest BCUT2D eigenvalue weighted by molar-refractivity contribution is 9.10. The summed E-state index contributed by atoms with van der Waals surface area (Å²) in [5.41, 5.74) is 4.40. The molecular weight excluding hydrogens is 408 g/mol. The summed E-state index contributed by atoms with van der Waals surface area (Å²) in [7, 11) is 0. The van der Waals surface area contributed by atoms with Crippen LogP contribution in [0.25, 0.3) is 0 Å². The van der Waals surface area contributed by atoms with Crippen molar-refractivity contribution in [3.8, 4) is 11.5 Å². The maximum atomic E-state index is 12.1. The summed E-state index contributed by atoms with van der Waals surface area (Å²) in [6, 6.07) is 21.9. The zero-order valence-corrected chi connectivity index (χ0v) is 15.9. The van der Waals surface area contributed by atoms with Gasteiger partial charge in [-0.15, -0.1) is 0 Å². The van der Waals surface area contributed by atoms with Gasteiger partial charge in [0, 0.05) is 4.47 Å². The van der Waals surface area contributed by atoms with Crippen LogP contribution in [0, 0.1) is 0 Å². The molecule has 0 spiro atoms. The largest absolute Gasteiger partial charge is 0.507 e. The summed E-state index contributed by atoms with van der Waals surface area (Å²) in [6.07, 6.45) is 1.52. The molecule has 0 radical (unpaired) electrons. The lowest BCUT2D eigenvalue weighted by Gasteiger charge is -2.07. The highest BCUT2D eigenvalue weighted by atomic mass is 79.9. The number of rotatable bonds is 6. The summed E-state index contributed by atoms with van der Waals surface area (Å²) in [6.45, 7) is 0.473. The van der Waals surface area contributed by atoms with Gasteiger partial charge < -0.3 is 9.84 Å². The number of hydrogen-bond donors (Lipinski definition) is 2. The van der Waals surface area contributed by atoms with Crippen molar-refractivity contribution < 1.29 is 14.6 Å². The third kappa shape index (κ3) is 5.43. The number of nitrogens with one attached hydrogen (secondary N) is 1. The minimum Gasteiger partial charge on any atom is -0.507 e. The van der Waals surface area contributed by atoms with Crippen LogP contribution in [0.1, 0.15) is 21.5 Å². The molecule has 0 unspecified atom stereocenters. The van der Waals surface area contributed by atoms with Crippen LogP contribution >= 0.6 is 15.9 Å². The van der Waals surface area contributed by atoms with E-state index in [1.807, 2.05) is 54.6 Å². The molecule has 3 rings (SSSR count). The minimum atomic E-state index is -0.499. The molecule has 136 valence electrons. The highest BCUT2D eigenvalue weighted by Crippen LogP contribution is 2.21. The predicted molar refractivity (Wildman–Crippen MR) is 108 cm³/mol. The average Bonchev–Trinajstić information content (AvgIpc) is 2.69. The SMILES string of the molecule is O=C(NN=Cc1cccc(OCc2ccccc2)c1)c1cc(Br)ccc1O. The number of carbonyl (C=O) groups excluding carboxylic acids is 1. The summed E-state index contributed by atoms with van der Waals surface area (Å²) in [5.74, 6) is 0.0995. The van der Waals surface area contributed by atoms with Gasteiger partial charge in [0.1, 0.15) is 18.1 Å². The van der Waals surface area contributed by atoms with Crippen molar-refractivity contribution in [3.05, 3.63) is 94.0 Å². The smallest absolute Gasteiger partial charge is 0.275 e. The lowest BCUT2D eigenvalue weighted by Crippen LogP contribution is -2.17. The van der Waals surface area contributed by atoms with Gasteiger partial charge in [-0.3, -0.25) is 4.79 Å². The molecular formula is C21H17BrN2O3. The fourth-order valence-corrected chi connectivity index (χ4v) is 2.70. The van der Waals surface area contributed by atoms with E-state index in [4.69, 9.17) is 4.74 Å². The maximum Gasteiger partial charge on any atom is 0.275 e. The van der Waals surface area contributed by atoms with Gasteiger partial charge in [0.15, 0.2) is 0 Å². The van der Waals surface area contributed by atoms with Crippen molar-refractivity contribution >= 4 is 28.1 Å². The van der Waals surface area contributed by atoms with Crippen molar-refractivity contribution in [1.29, 1.82) is 0 Å². The number of benzene rings is 3. The van der Waals surface area contributed by atoms with Crippen LogP contribution in [0.4, 0.5) is 0 Å². The fourth-order valence-electron chi connectivity index (χ4n) is 2.34. The lowest BCUT2D eigenvalue weighted by atomic mass is 10.2. The third-order valence-corrected chi connectivity index (χ3v) is 4.18. The molecule has 0 aliphatic rings. The highest BCUT2D eigenvalue weighted by Gasteiger charge is 2.10. The second-order valence-corrected chi connectivity index (χ2v) is 6.62. The van der Waals surface area contributed by atoms with E-state index in [2.05, 4.69) is 26.5 Å². The van der Waals surface area contributed by atoms with E-state index >= 15 is 0 Å². The third-order valence-electron chi connectivity index (χ3n) is 3.69. The minimum absolute atomic E-state index is 0.109. The number of phenolic OH excluding ortho intramolecular Hbond substituents is 1. The maximum absolute atomic E-state index is 12.1. The van der Waals surface area contributed by atoms with Crippen molar-refractivity contribution in [1.82, 2.24) is 5.43 Å². The van der Waals surface area contributed by atoms with E-state index in [0.29, 0.717) is 16.8 Å². The number of carbonyl (C=O) groups is 1. The fraction of sp³-hybridized carbons (Fsp3) is 0.0476. The number of aromatic hydroxyl groups is 1. The first kappa shape index (κ1) is 18.7. The van der Waals surface area contributed by atoms with E-state index in [1.165, 1.54) is 18.3 Å². The second-order valence-electron chi connectivity index (χ2n) is 5.71. The Balaban J connectivity index is 1.60. The topological polar surface area (TPSA) is 70.9 Å². The molecule has 3 aromatic carbocycles. The van der Waals surface area contributed by atoms with Crippen LogP contribution in [0.3, 0.4) is 0 Å². The van der Waals surface area contributed by atoms with Gasteiger partial charge in [0.05, 0.1) is 11.8 Å². The molecule has 1 amide bonds. The van der Waals surface area contributed by atoms with Gasteiger partial charge in [0.25, 0.3) is 5.91 Å². The van der Waals surface area contributed by atoms with E-state index in [0.717, 1.165) is 11.1 Å². The van der Waals surface area contributed by atoms with Gasteiger partial charge in [-0.1, -0.05) is 58.4 Å². The number of amides is 1. The first-order valence-electron chi connectivity index (χ1n) is 8.20. The molecule has 0 bridgehead atoms. The molecule has 0 aliphatic heterocycles. The van der Waals surface area contributed by atoms with Crippen LogP contribution in [0.2, 0.25) is 0 Å². The van der Waals surface area contributed by atoms with E-state index in [-0.39, 0.29) is 11.3 Å². The van der Waals surface area contributed by atoms with Gasteiger partial charge >= 0.3 is 0 Å². The number of nitrogens with zero attached hydrogens (tertiary/aromatic N) is 1. The Morgan fingerprint density at radius 3 is 2.70 bits per heavy atom. The quantitative estimate of drug-likeness (QED) is 0.452. The molecule has 6 heteroatoms. The number of hydrogen-bond acceptors (Lipinski definition) is 4. The van der Waals surface area contributed by atoms with Crippen LogP contribution in [0.15, 0.2) is 82.4 Å². The molecule has 2 N–H and O–H groups in total. The second kappa shape index (κ2) is 9.00. The van der Waals surface area contributed by atoms with Crippen molar-refractivity contribution in [3.63, 3.8) is 0 Å². The molecule has 0 fully saturated rings. The molecule has 27 heavy (non-hydrogen) atoms. The Labute approximate surface area is 165 Å². The first-order chi connectivity index (χ1) is 13.1. The zero-order valence-electron chi connectivity index (χ0n) is 14.3. The molecule has 3 aromatic rings. The summed E-state index contributed by atoms with van der Waals surface area (Å²) < 4.78 is 6.46. The molecule has 0 atom stereocenters. The molecule has 0 aromatic heterocycles. The monoisotopic (exact) mass is 424 g/mol. The predicted octanol–water partition coefficient (Wildman–Crippen LogP) is 4.50. The van der Waals surface area contributed by atoms with E-state index in [9.17, 15) is 9.90 Å². The molecule has 5 nitrogen and oxygen atoms in total. The van der Waals surface area contributed by atoms with Crippen LogP contribution in [-0.4, -0.2) is 17.2 Å². The summed E-state index contributed by atoms with van der Waals surface area (Å²) >= 11 is 3.27. The van der Waals surface area contributed by atoms with Crippen molar-refractivity contribution in [2.75, 3.05) is 0 Å². The first-order valence-corrected chi connectivity index (χ1v) is 9.00. The zero-order chi connectivity index (χ0) is 19.1. The van der Waals surface area contributed by atoms with Crippen LogP contribution in [0.5, 0.6) is 11.5 Å².